The Labute approximate surface area is 186 Å². The molecule has 166 valence electrons. The van der Waals surface area contributed by atoms with E-state index in [0.717, 1.165) is 5.56 Å². The fourth-order valence-electron chi connectivity index (χ4n) is 3.78. The van der Waals surface area contributed by atoms with Gasteiger partial charge in [-0.15, -0.1) is 6.58 Å². The zero-order valence-corrected chi connectivity index (χ0v) is 17.9. The smallest absolute Gasteiger partial charge is 0.186 e. The van der Waals surface area contributed by atoms with E-state index in [2.05, 4.69) is 6.58 Å². The molecular weight excluding hydrogens is 413 g/mol. The lowest BCUT2D eigenvalue weighted by molar-refractivity contribution is -0.203. The summed E-state index contributed by atoms with van der Waals surface area (Å²) >= 11 is 0. The van der Waals surface area contributed by atoms with Crippen molar-refractivity contribution in [1.29, 1.82) is 0 Å². The van der Waals surface area contributed by atoms with Crippen LogP contribution in [0.5, 0.6) is 0 Å². The second-order valence-corrected chi connectivity index (χ2v) is 8.14. The minimum Gasteiger partial charge on any atom is -0.348 e. The molecule has 1 aliphatic rings. The average molecular weight is 438 g/mol. The molecule has 0 amide bonds. The van der Waals surface area contributed by atoms with Gasteiger partial charge in [-0.1, -0.05) is 61.5 Å². The topological polar surface area (TPSA) is 18.5 Å². The first-order chi connectivity index (χ1) is 15.5. The van der Waals surface area contributed by atoms with Gasteiger partial charge in [-0.25, -0.2) is 13.2 Å². The molecule has 3 aromatic carbocycles. The summed E-state index contributed by atoms with van der Waals surface area (Å²) in [7, 11) is 0. The third kappa shape index (κ3) is 4.64. The fourth-order valence-corrected chi connectivity index (χ4v) is 3.78. The molecule has 0 saturated carbocycles. The van der Waals surface area contributed by atoms with Crippen LogP contribution in [0.15, 0.2) is 67.3 Å². The maximum Gasteiger partial charge on any atom is 0.186 e. The van der Waals surface area contributed by atoms with E-state index in [0.29, 0.717) is 48.3 Å². The second kappa shape index (κ2) is 9.72. The van der Waals surface area contributed by atoms with E-state index in [9.17, 15) is 13.2 Å². The second-order valence-electron chi connectivity index (χ2n) is 8.14. The van der Waals surface area contributed by atoms with E-state index in [4.69, 9.17) is 9.47 Å². The number of allylic oxidation sites excluding steroid dienone is 1. The predicted molar refractivity (Wildman–Crippen MR) is 120 cm³/mol. The van der Waals surface area contributed by atoms with Crippen LogP contribution in [0.1, 0.15) is 30.8 Å². The maximum absolute atomic E-state index is 14.7. The van der Waals surface area contributed by atoms with Crippen molar-refractivity contribution in [2.24, 2.45) is 5.92 Å². The summed E-state index contributed by atoms with van der Waals surface area (Å²) in [4.78, 5) is 0. The van der Waals surface area contributed by atoms with Crippen molar-refractivity contribution in [1.82, 2.24) is 0 Å². The highest BCUT2D eigenvalue weighted by Crippen LogP contribution is 2.32. The molecule has 0 radical (unpaired) electrons. The van der Waals surface area contributed by atoms with Gasteiger partial charge in [0.15, 0.2) is 17.9 Å². The lowest BCUT2D eigenvalue weighted by Gasteiger charge is -2.27. The van der Waals surface area contributed by atoms with Crippen molar-refractivity contribution >= 4 is 0 Å². The number of halogens is 3. The van der Waals surface area contributed by atoms with Crippen molar-refractivity contribution in [3.05, 3.63) is 95.8 Å². The van der Waals surface area contributed by atoms with Crippen LogP contribution in [0.3, 0.4) is 0 Å². The summed E-state index contributed by atoms with van der Waals surface area (Å²) in [6.07, 6.45) is 1.96. The molecule has 0 N–H and O–H groups in total. The Morgan fingerprint density at radius 1 is 0.875 bits per heavy atom. The summed E-state index contributed by atoms with van der Waals surface area (Å²) in [5.41, 5.74) is 2.88. The number of ether oxygens (including phenoxy) is 2. The van der Waals surface area contributed by atoms with E-state index < -0.39 is 23.7 Å². The molecule has 5 heteroatoms. The third-order valence-corrected chi connectivity index (χ3v) is 5.63. The molecule has 3 aromatic rings. The Morgan fingerprint density at radius 2 is 1.53 bits per heavy atom. The SMILES string of the molecule is C=CCCc1ccc(-c2ccc(-c3ccc(C4OCC(C)CO4)c(F)c3)cc2)c(F)c1F. The molecule has 1 aliphatic heterocycles. The highest BCUT2D eigenvalue weighted by atomic mass is 19.2. The van der Waals surface area contributed by atoms with E-state index in [1.54, 1.807) is 54.6 Å². The molecular formula is C27H25F3O2. The minimum absolute atomic E-state index is 0.193. The number of hydrogen-bond donors (Lipinski definition) is 0. The molecule has 2 nitrogen and oxygen atoms in total. The van der Waals surface area contributed by atoms with Gasteiger partial charge < -0.3 is 9.47 Å². The first kappa shape index (κ1) is 22.3. The summed E-state index contributed by atoms with van der Waals surface area (Å²) in [6.45, 7) is 6.68. The van der Waals surface area contributed by atoms with E-state index in [1.807, 2.05) is 6.92 Å². The Bertz CT molecular complexity index is 1100. The van der Waals surface area contributed by atoms with Crippen molar-refractivity contribution < 1.29 is 22.6 Å². The molecule has 0 aliphatic carbocycles. The molecule has 0 spiro atoms. The van der Waals surface area contributed by atoms with Gasteiger partial charge in [0.1, 0.15) is 5.82 Å². The Balaban J connectivity index is 1.55. The largest absolute Gasteiger partial charge is 0.348 e. The minimum atomic E-state index is -0.864. The number of benzene rings is 3. The van der Waals surface area contributed by atoms with Crippen LogP contribution < -0.4 is 0 Å². The van der Waals surface area contributed by atoms with Crippen molar-refractivity contribution in [3.63, 3.8) is 0 Å². The highest BCUT2D eigenvalue weighted by molar-refractivity contribution is 5.71. The summed E-state index contributed by atoms with van der Waals surface area (Å²) < 4.78 is 54.9. The zero-order chi connectivity index (χ0) is 22.7. The summed E-state index contributed by atoms with van der Waals surface area (Å²) in [6, 6.07) is 15.0. The zero-order valence-electron chi connectivity index (χ0n) is 17.9. The van der Waals surface area contributed by atoms with Crippen molar-refractivity contribution in [3.8, 4) is 22.3 Å². The maximum atomic E-state index is 14.7. The van der Waals surface area contributed by atoms with E-state index in [1.165, 1.54) is 6.07 Å². The number of rotatable bonds is 6. The van der Waals surface area contributed by atoms with Crippen LogP contribution in [-0.2, 0) is 15.9 Å². The Morgan fingerprint density at radius 3 is 2.19 bits per heavy atom. The quantitative estimate of drug-likeness (QED) is 0.378. The molecule has 4 rings (SSSR count). The van der Waals surface area contributed by atoms with Gasteiger partial charge in [-0.05, 0) is 41.2 Å². The fraction of sp³-hybridized carbons (Fsp3) is 0.259. The summed E-state index contributed by atoms with van der Waals surface area (Å²) in [5, 5.41) is 0. The van der Waals surface area contributed by atoms with Gasteiger partial charge in [0.25, 0.3) is 0 Å². The van der Waals surface area contributed by atoms with Crippen LogP contribution in [-0.4, -0.2) is 13.2 Å². The standard InChI is InChI=1S/C27H25F3O2/c1-3-4-5-20-10-12-22(26(30)25(20)29)19-8-6-18(7-9-19)21-11-13-23(24(28)14-21)27-31-15-17(2)16-32-27/h3,6-14,17,27H,1,4-5,15-16H2,2H3. The van der Waals surface area contributed by atoms with Gasteiger partial charge in [0.2, 0.25) is 0 Å². The van der Waals surface area contributed by atoms with Crippen LogP contribution in [0, 0.1) is 23.4 Å². The molecule has 1 heterocycles. The highest BCUT2D eigenvalue weighted by Gasteiger charge is 2.23. The van der Waals surface area contributed by atoms with Gasteiger partial charge in [-0.2, -0.15) is 0 Å². The van der Waals surface area contributed by atoms with E-state index >= 15 is 0 Å². The van der Waals surface area contributed by atoms with Gasteiger partial charge >= 0.3 is 0 Å². The Hall–Kier alpha value is -2.89. The molecule has 0 bridgehead atoms. The van der Waals surface area contributed by atoms with E-state index in [-0.39, 0.29) is 11.5 Å². The van der Waals surface area contributed by atoms with Crippen LogP contribution in [0.25, 0.3) is 22.3 Å². The van der Waals surface area contributed by atoms with Crippen LogP contribution in [0.4, 0.5) is 13.2 Å². The Kier molecular flexibility index (Phi) is 6.77. The monoisotopic (exact) mass is 438 g/mol. The molecule has 1 fully saturated rings. The molecule has 0 atom stereocenters. The van der Waals surface area contributed by atoms with Crippen LogP contribution in [0.2, 0.25) is 0 Å². The number of hydrogen-bond acceptors (Lipinski definition) is 2. The lowest BCUT2D eigenvalue weighted by atomic mass is 9.97. The average Bonchev–Trinajstić information content (AvgIpc) is 2.81. The van der Waals surface area contributed by atoms with Gasteiger partial charge in [0.05, 0.1) is 13.2 Å². The van der Waals surface area contributed by atoms with Crippen molar-refractivity contribution in [2.45, 2.75) is 26.1 Å². The molecule has 1 saturated heterocycles. The lowest BCUT2D eigenvalue weighted by Crippen LogP contribution is -2.25. The van der Waals surface area contributed by atoms with Crippen molar-refractivity contribution in [2.75, 3.05) is 13.2 Å². The van der Waals surface area contributed by atoms with Gasteiger partial charge in [-0.3, -0.25) is 0 Å². The normalized spacial score (nSPS) is 18.5. The number of aryl methyl sites for hydroxylation is 1. The van der Waals surface area contributed by atoms with Gasteiger partial charge in [0, 0.05) is 17.0 Å². The first-order valence-electron chi connectivity index (χ1n) is 10.7. The molecule has 0 aromatic heterocycles. The molecule has 0 unspecified atom stereocenters. The first-order valence-corrected chi connectivity index (χ1v) is 10.7. The summed E-state index contributed by atoms with van der Waals surface area (Å²) in [5.74, 6) is -1.81. The molecule has 32 heavy (non-hydrogen) atoms. The van der Waals surface area contributed by atoms with Crippen LogP contribution >= 0.6 is 0 Å². The third-order valence-electron chi connectivity index (χ3n) is 5.63. The predicted octanol–water partition coefficient (Wildman–Crippen LogP) is 7.24.